The molecule has 8 rings (SSSR count). The molecule has 0 aromatic heterocycles. The summed E-state index contributed by atoms with van der Waals surface area (Å²) in [6, 6.07) is 26.4. The van der Waals surface area contributed by atoms with Gasteiger partial charge >= 0.3 is 11.9 Å². The van der Waals surface area contributed by atoms with Gasteiger partial charge in [0.1, 0.15) is 38.6 Å². The number of hydrogen-bond donors (Lipinski definition) is 3. The van der Waals surface area contributed by atoms with E-state index in [9.17, 15) is 22.3 Å². The predicted molar refractivity (Wildman–Crippen MR) is 322 cm³/mol. The Morgan fingerprint density at radius 1 is 0.565 bits per heavy atom. The third-order valence-corrected chi connectivity index (χ3v) is 18.6. The summed E-state index contributed by atoms with van der Waals surface area (Å²) < 4.78 is 105. The van der Waals surface area contributed by atoms with Gasteiger partial charge in [-0.2, -0.15) is 0 Å². The Kier molecular flexibility index (Phi) is 23.4. The van der Waals surface area contributed by atoms with E-state index in [-0.39, 0.29) is 73.5 Å². The van der Waals surface area contributed by atoms with Crippen molar-refractivity contribution in [2.24, 2.45) is 41.4 Å². The average Bonchev–Trinajstić information content (AvgIpc) is 0.934. The summed E-state index contributed by atoms with van der Waals surface area (Å²) in [5, 5.41) is 15.1. The van der Waals surface area contributed by atoms with Gasteiger partial charge in [-0.15, -0.1) is 18.5 Å². The van der Waals surface area contributed by atoms with Gasteiger partial charge in [-0.25, -0.2) is 4.79 Å². The maximum Gasteiger partial charge on any atom is 0.343 e. The second kappa shape index (κ2) is 30.9. The molecule has 0 bridgehead atoms. The van der Waals surface area contributed by atoms with E-state index in [0.717, 1.165) is 11.1 Å². The van der Waals surface area contributed by atoms with Gasteiger partial charge in [0.15, 0.2) is 43.2 Å². The Labute approximate surface area is 510 Å². The quantitative estimate of drug-likeness (QED) is 0.0448. The highest BCUT2D eigenvalue weighted by molar-refractivity contribution is 7.16. The van der Waals surface area contributed by atoms with E-state index in [2.05, 4.69) is 46.2 Å². The van der Waals surface area contributed by atoms with E-state index in [0.29, 0.717) is 6.61 Å². The number of rotatable bonds is 24. The number of aliphatic hydroxyl groups is 1. The van der Waals surface area contributed by atoms with Crippen molar-refractivity contribution in [1.82, 2.24) is 10.6 Å². The fraction of sp³-hybridized carbons (Fsp3) is 0.672. The molecule has 5 aliphatic rings. The highest BCUT2D eigenvalue weighted by Crippen LogP contribution is 2.43. The lowest BCUT2D eigenvalue weighted by atomic mass is 9.78. The zero-order valence-corrected chi connectivity index (χ0v) is 53.6. The van der Waals surface area contributed by atoms with Gasteiger partial charge in [-0.05, 0) is 74.6 Å². The van der Waals surface area contributed by atoms with Crippen LogP contribution in [0.15, 0.2) is 91.0 Å². The maximum atomic E-state index is 13.9. The third kappa shape index (κ3) is 16.3. The highest BCUT2D eigenvalue weighted by atomic mass is 31.0. The van der Waals surface area contributed by atoms with Crippen LogP contribution in [0.5, 0.6) is 5.75 Å². The number of esters is 2. The number of hydrogen-bond acceptors (Lipinski definition) is 19. The highest BCUT2D eigenvalue weighted by Gasteiger charge is 2.60. The molecule has 0 saturated carbocycles. The van der Waals surface area contributed by atoms with Crippen LogP contribution in [0.4, 0.5) is 0 Å². The molecule has 5 fully saturated rings. The molecule has 27 atom stereocenters. The van der Waals surface area contributed by atoms with Gasteiger partial charge in [0.2, 0.25) is 0 Å². The summed E-state index contributed by atoms with van der Waals surface area (Å²) in [6.45, 7) is 22.6. The van der Waals surface area contributed by atoms with Crippen LogP contribution < -0.4 is 15.4 Å². The number of nitrogens with one attached hydrogen (secondary N) is 2. The van der Waals surface area contributed by atoms with Crippen LogP contribution in [-0.2, 0) is 84.4 Å². The molecule has 3 aromatic carbocycles. The van der Waals surface area contributed by atoms with Crippen LogP contribution in [0, 0.1) is 41.4 Å². The first-order chi connectivity index (χ1) is 41.4. The Bertz CT molecular complexity index is 2650. The first kappa shape index (κ1) is 64.6. The number of ketones is 1. The Morgan fingerprint density at radius 3 is 1.71 bits per heavy atom. The van der Waals surface area contributed by atoms with Crippen molar-refractivity contribution in [3.8, 4) is 5.75 Å². The summed E-state index contributed by atoms with van der Waals surface area (Å²) in [4.78, 5) is 39.8. The Morgan fingerprint density at radius 2 is 1.11 bits per heavy atom. The normalized spacial score (nSPS) is 40.1. The fourth-order valence-corrected chi connectivity index (χ4v) is 13.2. The monoisotopic (exact) mass is 1230 g/mol. The molecule has 3 N–H and O–H groups in total. The molecule has 3 aromatic rings. The second-order valence-electron chi connectivity index (χ2n) is 24.2. The van der Waals surface area contributed by atoms with Crippen molar-refractivity contribution in [3.63, 3.8) is 0 Å². The van der Waals surface area contributed by atoms with Crippen LogP contribution in [0.1, 0.15) is 94.2 Å². The molecule has 21 heteroatoms. The Hall–Kier alpha value is -3.43. The van der Waals surface area contributed by atoms with Crippen LogP contribution in [0.25, 0.3) is 0 Å². The number of carbonyl (C=O) groups excluding carboxylic acids is 3. The number of carbonyl (C=O) groups is 3. The topological polar surface area (TPSA) is 215 Å². The predicted octanol–water partition coefficient (Wildman–Crippen LogP) is 7.58. The zero-order valence-electron chi connectivity index (χ0n) is 53.3. The summed E-state index contributed by atoms with van der Waals surface area (Å²) in [5.74, 6) is -2.73. The number of para-hydroxylation sites is 1. The van der Waals surface area contributed by atoms with Crippen molar-refractivity contribution in [2.75, 3.05) is 25.8 Å². The molecule has 19 nitrogen and oxygen atoms in total. The van der Waals surface area contributed by atoms with Crippen molar-refractivity contribution in [2.45, 2.75) is 206 Å². The van der Waals surface area contributed by atoms with E-state index in [1.165, 1.54) is 31.4 Å². The van der Waals surface area contributed by atoms with Gasteiger partial charge in [0.25, 0.3) is 0 Å². The lowest BCUT2D eigenvalue weighted by Crippen LogP contribution is -2.70. The minimum Gasteiger partial charge on any atom is -0.456 e. The van der Waals surface area contributed by atoms with Gasteiger partial charge in [-0.3, -0.25) is 9.59 Å². The number of ether oxygens (including phenoxy) is 13. The molecule has 5 heterocycles. The summed E-state index contributed by atoms with van der Waals surface area (Å²) in [6.07, 6.45) is -14.2. The van der Waals surface area contributed by atoms with Gasteiger partial charge in [0, 0.05) is 37.2 Å². The van der Waals surface area contributed by atoms with Crippen LogP contribution in [-0.4, -0.2) is 159 Å². The van der Waals surface area contributed by atoms with Crippen LogP contribution >= 0.6 is 18.5 Å². The molecule has 0 spiro atoms. The lowest BCUT2D eigenvalue weighted by Gasteiger charge is -2.53. The summed E-state index contributed by atoms with van der Waals surface area (Å²) in [5.41, 5.74) is -0.240. The van der Waals surface area contributed by atoms with E-state index < -0.39 is 134 Å². The van der Waals surface area contributed by atoms with Crippen molar-refractivity contribution < 1.29 is 83.9 Å². The molecular formula is C64H94N2O17P2. The molecule has 5 aliphatic heterocycles. The minimum absolute atomic E-state index is 0.0184. The molecule has 0 amide bonds. The molecule has 12 unspecified atom stereocenters. The zero-order chi connectivity index (χ0) is 63.0. The summed E-state index contributed by atoms with van der Waals surface area (Å²) in [7, 11) is 5.19. The standard InChI is InChI=1S/C64H94N2O17P2/c1-34-36(3)52(41(8)67)80-60(38(34)5)81-53-39(6)50(65-32-84)61(75-42(53)9)82-54-40(7)51(66-33-85)62(83-56-43(10)74-58(64(12,70)57(56)76-44(11)68)59(69)77-47-26-20-15-21-27-47)79-49(54)31-73-63-55(72-29-46-24-18-14-19-25-46)37(4)35(2)48(78-63)30-71-28-45-22-16-13-17-23-45/h13-27,34-40,42-43,48-58,60-63,65-66,70H,28-33,84-85H2,1-12H3/t34-,35+,36+,37-,38?,39+,40+,42?,43-,48?,49?,50?,51?,52?,53+,54+,55?,56?,57+,58?,60-,61-,62-,63+,64-/m0/s1/i/hT2. The number of benzene rings is 3. The van der Waals surface area contributed by atoms with Gasteiger partial charge in [0.05, 0.1) is 69.0 Å². The van der Waals surface area contributed by atoms with E-state index in [1.54, 1.807) is 37.3 Å². The minimum atomic E-state index is -2.23. The van der Waals surface area contributed by atoms with E-state index >= 15 is 0 Å². The van der Waals surface area contributed by atoms with Crippen LogP contribution in [0.3, 0.4) is 0 Å². The van der Waals surface area contributed by atoms with Gasteiger partial charge in [-0.1, -0.05) is 127 Å². The first-order valence-electron chi connectivity index (χ1n) is 31.0. The van der Waals surface area contributed by atoms with Crippen LogP contribution in [0.2, 0.25) is 2.82 Å². The van der Waals surface area contributed by atoms with E-state index in [1.807, 2.05) is 88.4 Å². The molecule has 472 valence electrons. The molecule has 0 aliphatic carbocycles. The largest absolute Gasteiger partial charge is 0.456 e. The van der Waals surface area contributed by atoms with Crippen molar-refractivity contribution >= 4 is 36.2 Å². The molecule has 85 heavy (non-hydrogen) atoms. The van der Waals surface area contributed by atoms with Gasteiger partial charge < -0.3 is 77.3 Å². The Balaban J connectivity index is 1.13. The maximum absolute atomic E-state index is 13.9. The number of Topliss-reactive ketones (excluding diaryl/α,β-unsaturated/α-hetero) is 1. The lowest BCUT2D eigenvalue weighted by molar-refractivity contribution is -0.358. The third-order valence-electron chi connectivity index (χ3n) is 18.2. The molecule has 0 radical (unpaired) electrons. The van der Waals surface area contributed by atoms with E-state index in [4.69, 9.17) is 61.6 Å². The fourth-order valence-electron chi connectivity index (χ4n) is 12.7. The molecular weight excluding hydrogens is 1130 g/mol. The smallest absolute Gasteiger partial charge is 0.343 e. The molecule has 5 saturated heterocycles. The van der Waals surface area contributed by atoms with Crippen molar-refractivity contribution in [3.05, 3.63) is 102 Å². The average molecular weight is 1230 g/mol. The second-order valence-corrected chi connectivity index (χ2v) is 24.9. The van der Waals surface area contributed by atoms with Crippen molar-refractivity contribution in [1.29, 1.82) is 0 Å². The summed E-state index contributed by atoms with van der Waals surface area (Å²) >= 11 is 0. The first-order valence-corrected chi connectivity index (χ1v) is 31.8. The SMILES string of the molecule is [3H]N(CP)C1[C@H](O[C@H]2C(CO[C@@H]3OC(COCc4ccccc4)[C@H](C)[C@H](C)C3OCc3ccccc3)O[C@@H](OC3[C@H](C)OC(C(=O)Oc4ccccc4)[C@@](C)(O)[C@@H]3OC(C)=O)C(N([3H])CP)[C@H]2C)OC(C)[C@H](O[C@@H]2OC(C(C)=O)[C@H](C)[C@H](C)C2C)[C@@H]1C.